The number of anilines is 1. The molecule has 3 rings (SSSR count). The molecular weight excluding hydrogens is 523 g/mol. The third-order valence-corrected chi connectivity index (χ3v) is 6.74. The Morgan fingerprint density at radius 2 is 1.94 bits per heavy atom. The number of halogens is 1. The summed E-state index contributed by atoms with van der Waals surface area (Å²) in [6, 6.07) is 12.3. The van der Waals surface area contributed by atoms with E-state index in [4.69, 9.17) is 4.74 Å². The molecule has 0 radical (unpaired) electrons. The number of methoxy groups -OCH3 is 1. The van der Waals surface area contributed by atoms with Crippen LogP contribution in [-0.4, -0.2) is 33.5 Å². The van der Waals surface area contributed by atoms with Crippen LogP contribution >= 0.6 is 34.4 Å². The van der Waals surface area contributed by atoms with E-state index in [0.717, 1.165) is 56.4 Å². The highest BCUT2D eigenvalue weighted by atomic mass is 127. The molecule has 3 aromatic rings. The molecule has 0 fully saturated rings. The standard InChI is InChI=1S/C23H27IN4O2S/c1-15-13-18(24)9-10-19(15)25-22(29)14-31-23-27-26-21(28(23)3)7-5-6-17-8-11-20(30-4)16(2)12-17/h8-13H,5-7,14H2,1-4H3,(H,25,29). The molecule has 0 bridgehead atoms. The second-order valence-corrected chi connectivity index (χ2v) is 9.60. The molecule has 1 N–H and O–H groups in total. The molecule has 0 saturated carbocycles. The van der Waals surface area contributed by atoms with Gasteiger partial charge in [-0.3, -0.25) is 4.79 Å². The minimum absolute atomic E-state index is 0.0475. The molecule has 0 atom stereocenters. The summed E-state index contributed by atoms with van der Waals surface area (Å²) in [6.07, 6.45) is 2.79. The number of carbonyl (C=O) groups excluding carboxylic acids is 1. The lowest BCUT2D eigenvalue weighted by Gasteiger charge is -2.09. The summed E-state index contributed by atoms with van der Waals surface area (Å²) in [7, 11) is 3.65. The number of rotatable bonds is 9. The zero-order valence-corrected chi connectivity index (χ0v) is 21.2. The lowest BCUT2D eigenvalue weighted by molar-refractivity contribution is -0.113. The number of hydrogen-bond acceptors (Lipinski definition) is 5. The van der Waals surface area contributed by atoms with E-state index in [0.29, 0.717) is 5.75 Å². The molecule has 0 aliphatic heterocycles. The Labute approximate surface area is 201 Å². The number of ether oxygens (including phenoxy) is 1. The Morgan fingerprint density at radius 1 is 1.13 bits per heavy atom. The molecule has 1 amide bonds. The number of aromatic nitrogens is 3. The van der Waals surface area contributed by atoms with Gasteiger partial charge in [0.05, 0.1) is 12.9 Å². The van der Waals surface area contributed by atoms with Crippen molar-refractivity contribution in [3.63, 3.8) is 0 Å². The zero-order chi connectivity index (χ0) is 22.4. The molecule has 2 aromatic carbocycles. The van der Waals surface area contributed by atoms with Crippen LogP contribution in [0, 0.1) is 17.4 Å². The van der Waals surface area contributed by atoms with Crippen LogP contribution in [-0.2, 0) is 24.7 Å². The lowest BCUT2D eigenvalue weighted by atomic mass is 10.0. The number of amides is 1. The number of aryl methyl sites for hydroxylation is 4. The molecule has 164 valence electrons. The van der Waals surface area contributed by atoms with Crippen LogP contribution in [0.4, 0.5) is 5.69 Å². The normalized spacial score (nSPS) is 10.9. The highest BCUT2D eigenvalue weighted by Gasteiger charge is 2.12. The highest BCUT2D eigenvalue weighted by Crippen LogP contribution is 2.22. The third-order valence-electron chi connectivity index (χ3n) is 5.05. The van der Waals surface area contributed by atoms with Gasteiger partial charge in [-0.1, -0.05) is 23.9 Å². The molecule has 0 aliphatic carbocycles. The minimum atomic E-state index is -0.0475. The maximum absolute atomic E-state index is 12.3. The zero-order valence-electron chi connectivity index (χ0n) is 18.2. The van der Waals surface area contributed by atoms with Gasteiger partial charge in [0.2, 0.25) is 5.91 Å². The number of nitrogens with one attached hydrogen (secondary N) is 1. The van der Waals surface area contributed by atoms with Crippen LogP contribution in [0.3, 0.4) is 0 Å². The van der Waals surface area contributed by atoms with Crippen molar-refractivity contribution in [1.29, 1.82) is 0 Å². The van der Waals surface area contributed by atoms with Crippen LogP contribution in [0.2, 0.25) is 0 Å². The summed E-state index contributed by atoms with van der Waals surface area (Å²) in [5.74, 6) is 2.10. The summed E-state index contributed by atoms with van der Waals surface area (Å²) >= 11 is 3.66. The fraction of sp³-hybridized carbons (Fsp3) is 0.348. The Balaban J connectivity index is 1.49. The van der Waals surface area contributed by atoms with Gasteiger partial charge >= 0.3 is 0 Å². The summed E-state index contributed by atoms with van der Waals surface area (Å²) in [5.41, 5.74) is 4.34. The molecule has 8 heteroatoms. The molecule has 0 spiro atoms. The Bertz CT molecular complexity index is 1070. The van der Waals surface area contributed by atoms with Crippen LogP contribution in [0.5, 0.6) is 5.75 Å². The number of thioether (sulfide) groups is 1. The van der Waals surface area contributed by atoms with E-state index in [2.05, 4.69) is 57.2 Å². The predicted molar refractivity (Wildman–Crippen MR) is 134 cm³/mol. The summed E-state index contributed by atoms with van der Waals surface area (Å²) in [5, 5.41) is 12.3. The van der Waals surface area contributed by atoms with E-state index >= 15 is 0 Å². The third kappa shape index (κ3) is 6.46. The van der Waals surface area contributed by atoms with Crippen molar-refractivity contribution in [2.75, 3.05) is 18.2 Å². The molecular formula is C23H27IN4O2S. The second-order valence-electron chi connectivity index (χ2n) is 7.41. The van der Waals surface area contributed by atoms with Gasteiger partial charge in [-0.05, 0) is 90.2 Å². The predicted octanol–water partition coefficient (Wildman–Crippen LogP) is 4.95. The highest BCUT2D eigenvalue weighted by molar-refractivity contribution is 14.1. The SMILES string of the molecule is COc1ccc(CCCc2nnc(SCC(=O)Nc3ccc(I)cc3C)n2C)cc1C. The average Bonchev–Trinajstić information content (AvgIpc) is 3.08. The van der Waals surface area contributed by atoms with E-state index in [1.807, 2.05) is 42.8 Å². The van der Waals surface area contributed by atoms with Gasteiger partial charge in [0.1, 0.15) is 11.6 Å². The molecule has 0 saturated heterocycles. The molecule has 6 nitrogen and oxygen atoms in total. The number of benzene rings is 2. The van der Waals surface area contributed by atoms with Gasteiger partial charge < -0.3 is 14.6 Å². The van der Waals surface area contributed by atoms with E-state index in [1.165, 1.54) is 17.3 Å². The molecule has 31 heavy (non-hydrogen) atoms. The minimum Gasteiger partial charge on any atom is -0.496 e. The van der Waals surface area contributed by atoms with Gasteiger partial charge in [-0.25, -0.2) is 0 Å². The molecule has 0 aliphatic rings. The van der Waals surface area contributed by atoms with E-state index in [9.17, 15) is 4.79 Å². The van der Waals surface area contributed by atoms with E-state index in [1.54, 1.807) is 7.11 Å². The quantitative estimate of drug-likeness (QED) is 0.302. The van der Waals surface area contributed by atoms with Crippen LogP contribution in [0.25, 0.3) is 0 Å². The summed E-state index contributed by atoms with van der Waals surface area (Å²) < 4.78 is 8.45. The first-order chi connectivity index (χ1) is 14.9. The van der Waals surface area contributed by atoms with Crippen LogP contribution < -0.4 is 10.1 Å². The summed E-state index contributed by atoms with van der Waals surface area (Å²) in [4.78, 5) is 12.3. The monoisotopic (exact) mass is 550 g/mol. The Morgan fingerprint density at radius 3 is 2.65 bits per heavy atom. The lowest BCUT2D eigenvalue weighted by Crippen LogP contribution is -2.15. The fourth-order valence-electron chi connectivity index (χ4n) is 3.32. The largest absolute Gasteiger partial charge is 0.496 e. The van der Waals surface area contributed by atoms with Crippen LogP contribution in [0.1, 0.15) is 28.9 Å². The topological polar surface area (TPSA) is 69.0 Å². The Kier molecular flexibility index (Phi) is 8.36. The van der Waals surface area contributed by atoms with Gasteiger partial charge in [-0.15, -0.1) is 10.2 Å². The number of carbonyl (C=O) groups is 1. The Hall–Kier alpha value is -2.07. The molecule has 1 aromatic heterocycles. The molecule has 1 heterocycles. The first kappa shape index (κ1) is 23.6. The maximum Gasteiger partial charge on any atom is 0.234 e. The number of hydrogen-bond donors (Lipinski definition) is 1. The van der Waals surface area contributed by atoms with E-state index < -0.39 is 0 Å². The summed E-state index contributed by atoms with van der Waals surface area (Å²) in [6.45, 7) is 4.05. The van der Waals surface area contributed by atoms with Crippen molar-refractivity contribution in [3.05, 3.63) is 62.5 Å². The average molecular weight is 550 g/mol. The van der Waals surface area contributed by atoms with Crippen molar-refractivity contribution in [2.45, 2.75) is 38.3 Å². The van der Waals surface area contributed by atoms with Crippen molar-refractivity contribution in [3.8, 4) is 5.75 Å². The van der Waals surface area contributed by atoms with Gasteiger partial charge in [0.25, 0.3) is 0 Å². The van der Waals surface area contributed by atoms with Crippen molar-refractivity contribution in [1.82, 2.24) is 14.8 Å². The second kappa shape index (κ2) is 11.0. The van der Waals surface area contributed by atoms with Crippen molar-refractivity contribution >= 4 is 45.9 Å². The first-order valence-corrected chi connectivity index (χ1v) is 12.1. The van der Waals surface area contributed by atoms with Crippen molar-refractivity contribution < 1.29 is 9.53 Å². The fourth-order valence-corrected chi connectivity index (χ4v) is 4.70. The number of nitrogens with zero attached hydrogens (tertiary/aromatic N) is 3. The molecule has 0 unspecified atom stereocenters. The van der Waals surface area contributed by atoms with Gasteiger partial charge in [0.15, 0.2) is 5.16 Å². The van der Waals surface area contributed by atoms with Crippen molar-refractivity contribution in [2.24, 2.45) is 7.05 Å². The van der Waals surface area contributed by atoms with E-state index in [-0.39, 0.29) is 5.91 Å². The smallest absolute Gasteiger partial charge is 0.234 e. The maximum atomic E-state index is 12.3. The first-order valence-electron chi connectivity index (χ1n) is 10.1. The van der Waals surface area contributed by atoms with Gasteiger partial charge in [0, 0.05) is 22.7 Å². The van der Waals surface area contributed by atoms with Crippen LogP contribution in [0.15, 0.2) is 41.6 Å². The van der Waals surface area contributed by atoms with Gasteiger partial charge in [-0.2, -0.15) is 0 Å².